The van der Waals surface area contributed by atoms with E-state index in [0.717, 1.165) is 34.8 Å². The molecule has 1 heterocycles. The number of nitrogens with zero attached hydrogens (tertiary/aromatic N) is 1. The van der Waals surface area contributed by atoms with Crippen molar-refractivity contribution in [3.05, 3.63) is 62.7 Å². The number of hydrogen-bond acceptors (Lipinski definition) is 5. The first kappa shape index (κ1) is 22.3. The summed E-state index contributed by atoms with van der Waals surface area (Å²) in [6.07, 6.45) is 4.96. The van der Waals surface area contributed by atoms with Gasteiger partial charge in [0.1, 0.15) is 12.2 Å². The molecule has 32 heavy (non-hydrogen) atoms. The molecule has 2 aromatic rings. The second-order valence-electron chi connectivity index (χ2n) is 7.74. The van der Waals surface area contributed by atoms with E-state index in [1.165, 1.54) is 18.1 Å². The summed E-state index contributed by atoms with van der Waals surface area (Å²) in [7, 11) is 1.54. The number of amides is 4. The summed E-state index contributed by atoms with van der Waals surface area (Å²) in [4.78, 5) is 39.0. The second kappa shape index (κ2) is 9.72. The van der Waals surface area contributed by atoms with Gasteiger partial charge in [0.25, 0.3) is 11.8 Å². The van der Waals surface area contributed by atoms with Crippen LogP contribution in [0, 0.1) is 3.57 Å². The van der Waals surface area contributed by atoms with Crippen LogP contribution in [0.3, 0.4) is 0 Å². The van der Waals surface area contributed by atoms with Crippen molar-refractivity contribution in [2.45, 2.75) is 38.3 Å². The molecule has 0 bridgehead atoms. The number of nitrogens with one attached hydrogen (secondary N) is 1. The minimum atomic E-state index is -0.687. The standard InChI is InChI=1S/C24H23IN2O5/c1-31-20-13-16(12-19(25)21(20)32-14-15-7-3-2-4-8-15)11-18-22(28)26-24(30)27(23(18)29)17-9-5-6-10-17/h2-4,7-8,11-13,17H,5-6,9-10,14H2,1H3,(H,26,28,30)/b18-11+. The fourth-order valence-corrected chi connectivity index (χ4v) is 4.81. The normalized spacial score (nSPS) is 18.2. The fourth-order valence-electron chi connectivity index (χ4n) is 4.02. The van der Waals surface area contributed by atoms with Gasteiger partial charge in [0, 0.05) is 6.04 Å². The molecule has 0 radical (unpaired) electrons. The lowest BCUT2D eigenvalue weighted by Crippen LogP contribution is -2.57. The monoisotopic (exact) mass is 546 g/mol. The molecule has 166 valence electrons. The SMILES string of the molecule is COc1cc(/C=C2\C(=O)NC(=O)N(C3CCCC3)C2=O)cc(I)c1OCc1ccccc1. The van der Waals surface area contributed by atoms with Gasteiger partial charge >= 0.3 is 6.03 Å². The van der Waals surface area contributed by atoms with Gasteiger partial charge in [-0.15, -0.1) is 0 Å². The van der Waals surface area contributed by atoms with Crippen molar-refractivity contribution in [1.29, 1.82) is 0 Å². The van der Waals surface area contributed by atoms with Crippen LogP contribution in [-0.2, 0) is 16.2 Å². The largest absolute Gasteiger partial charge is 0.493 e. The maximum Gasteiger partial charge on any atom is 0.331 e. The number of hydrogen-bond donors (Lipinski definition) is 1. The van der Waals surface area contributed by atoms with Crippen LogP contribution in [0.4, 0.5) is 4.79 Å². The maximum atomic E-state index is 13.0. The van der Waals surface area contributed by atoms with Crippen LogP contribution in [0.5, 0.6) is 11.5 Å². The van der Waals surface area contributed by atoms with Crippen molar-refractivity contribution >= 4 is 46.5 Å². The Morgan fingerprint density at radius 1 is 1.12 bits per heavy atom. The third-order valence-corrected chi connectivity index (χ3v) is 6.41. The summed E-state index contributed by atoms with van der Waals surface area (Å²) in [5, 5.41) is 2.30. The lowest BCUT2D eigenvalue weighted by atomic mass is 10.0. The van der Waals surface area contributed by atoms with E-state index in [-0.39, 0.29) is 11.6 Å². The Morgan fingerprint density at radius 2 is 1.84 bits per heavy atom. The zero-order chi connectivity index (χ0) is 22.7. The third-order valence-electron chi connectivity index (χ3n) is 5.61. The molecule has 0 aromatic heterocycles. The predicted molar refractivity (Wildman–Crippen MR) is 127 cm³/mol. The van der Waals surface area contributed by atoms with Crippen molar-refractivity contribution in [3.63, 3.8) is 0 Å². The van der Waals surface area contributed by atoms with Crippen LogP contribution in [0.1, 0.15) is 36.8 Å². The topological polar surface area (TPSA) is 84.9 Å². The van der Waals surface area contributed by atoms with Crippen LogP contribution >= 0.6 is 22.6 Å². The van der Waals surface area contributed by atoms with Crippen LogP contribution in [0.25, 0.3) is 6.08 Å². The Labute approximate surface area is 199 Å². The molecule has 2 fully saturated rings. The predicted octanol–water partition coefficient (Wildman–Crippen LogP) is 4.28. The average molecular weight is 546 g/mol. The van der Waals surface area contributed by atoms with Gasteiger partial charge in [0.15, 0.2) is 11.5 Å². The minimum Gasteiger partial charge on any atom is -0.493 e. The van der Waals surface area contributed by atoms with Crippen LogP contribution in [-0.4, -0.2) is 35.9 Å². The first-order valence-electron chi connectivity index (χ1n) is 10.4. The Bertz CT molecular complexity index is 1080. The van der Waals surface area contributed by atoms with E-state index in [9.17, 15) is 14.4 Å². The molecule has 1 aliphatic heterocycles. The molecule has 1 aliphatic carbocycles. The summed E-state index contributed by atoms with van der Waals surface area (Å²) >= 11 is 2.14. The van der Waals surface area contributed by atoms with Crippen molar-refractivity contribution in [2.24, 2.45) is 0 Å². The Balaban J connectivity index is 1.61. The Hall–Kier alpha value is -2.88. The molecule has 8 heteroatoms. The highest BCUT2D eigenvalue weighted by Gasteiger charge is 2.40. The van der Waals surface area contributed by atoms with Gasteiger partial charge in [0.2, 0.25) is 0 Å². The summed E-state index contributed by atoms with van der Waals surface area (Å²) in [6.45, 7) is 0.382. The van der Waals surface area contributed by atoms with Crippen molar-refractivity contribution in [1.82, 2.24) is 10.2 Å². The molecule has 1 N–H and O–H groups in total. The molecule has 0 spiro atoms. The molecule has 0 unspecified atom stereocenters. The van der Waals surface area contributed by atoms with E-state index in [1.807, 2.05) is 36.4 Å². The number of halogens is 1. The lowest BCUT2D eigenvalue weighted by molar-refractivity contribution is -0.131. The first-order chi connectivity index (χ1) is 15.5. The zero-order valence-electron chi connectivity index (χ0n) is 17.6. The van der Waals surface area contributed by atoms with E-state index in [2.05, 4.69) is 27.9 Å². The molecule has 2 aromatic carbocycles. The van der Waals surface area contributed by atoms with Crippen molar-refractivity contribution in [2.75, 3.05) is 7.11 Å². The minimum absolute atomic E-state index is 0.0627. The summed E-state index contributed by atoms with van der Waals surface area (Å²) in [5.41, 5.74) is 1.57. The number of carbonyl (C=O) groups is 3. The highest BCUT2D eigenvalue weighted by Crippen LogP contribution is 2.35. The molecule has 4 rings (SSSR count). The molecule has 1 saturated heterocycles. The van der Waals surface area contributed by atoms with Crippen LogP contribution in [0.15, 0.2) is 48.0 Å². The van der Waals surface area contributed by atoms with Gasteiger partial charge in [-0.1, -0.05) is 43.2 Å². The van der Waals surface area contributed by atoms with Crippen molar-refractivity contribution in [3.8, 4) is 11.5 Å². The molecule has 4 amide bonds. The summed E-state index contributed by atoms with van der Waals surface area (Å²) in [6, 6.07) is 12.5. The number of rotatable bonds is 6. The van der Waals surface area contributed by atoms with E-state index in [0.29, 0.717) is 23.7 Å². The maximum absolute atomic E-state index is 13.0. The van der Waals surface area contributed by atoms with Crippen molar-refractivity contribution < 1.29 is 23.9 Å². The summed E-state index contributed by atoms with van der Waals surface area (Å²) < 4.78 is 12.3. The number of ether oxygens (including phenoxy) is 2. The van der Waals surface area contributed by atoms with Crippen LogP contribution in [0.2, 0.25) is 0 Å². The van der Waals surface area contributed by atoms with E-state index in [4.69, 9.17) is 9.47 Å². The van der Waals surface area contributed by atoms with Gasteiger partial charge in [0.05, 0.1) is 10.7 Å². The van der Waals surface area contributed by atoms with Gasteiger partial charge in [-0.2, -0.15) is 0 Å². The number of methoxy groups -OCH3 is 1. The molecular weight excluding hydrogens is 523 g/mol. The number of benzene rings is 2. The molecule has 2 aliphatic rings. The van der Waals surface area contributed by atoms with Gasteiger partial charge < -0.3 is 9.47 Å². The second-order valence-corrected chi connectivity index (χ2v) is 8.90. The number of carbonyl (C=O) groups excluding carboxylic acids is 3. The van der Waals surface area contributed by atoms with E-state index >= 15 is 0 Å². The average Bonchev–Trinajstić information content (AvgIpc) is 3.30. The quantitative estimate of drug-likeness (QED) is 0.332. The highest BCUT2D eigenvalue weighted by molar-refractivity contribution is 14.1. The number of barbiturate groups is 1. The lowest BCUT2D eigenvalue weighted by Gasteiger charge is -2.31. The van der Waals surface area contributed by atoms with Gasteiger partial charge in [-0.25, -0.2) is 4.79 Å². The molecule has 1 saturated carbocycles. The Morgan fingerprint density at radius 3 is 2.53 bits per heavy atom. The van der Waals surface area contributed by atoms with E-state index < -0.39 is 17.8 Å². The van der Waals surface area contributed by atoms with Gasteiger partial charge in [-0.3, -0.25) is 19.8 Å². The first-order valence-corrected chi connectivity index (χ1v) is 11.5. The van der Waals surface area contributed by atoms with Crippen LogP contribution < -0.4 is 14.8 Å². The van der Waals surface area contributed by atoms with E-state index in [1.54, 1.807) is 6.07 Å². The smallest absolute Gasteiger partial charge is 0.331 e. The number of imide groups is 2. The fraction of sp³-hybridized carbons (Fsp3) is 0.292. The highest BCUT2D eigenvalue weighted by atomic mass is 127. The zero-order valence-corrected chi connectivity index (χ0v) is 19.8. The third kappa shape index (κ3) is 4.64. The Kier molecular flexibility index (Phi) is 6.78. The molecular formula is C24H23IN2O5. The number of urea groups is 1. The molecule has 7 nitrogen and oxygen atoms in total. The van der Waals surface area contributed by atoms with Gasteiger partial charge in [-0.05, 0) is 64.8 Å². The molecule has 0 atom stereocenters. The summed E-state index contributed by atoms with van der Waals surface area (Å²) in [5.74, 6) is -0.162.